The highest BCUT2D eigenvalue weighted by Gasteiger charge is 2.15. The summed E-state index contributed by atoms with van der Waals surface area (Å²) in [6.45, 7) is 67.1. The second-order valence-corrected chi connectivity index (χ2v) is 33.2. The highest BCUT2D eigenvalue weighted by molar-refractivity contribution is 7.26. The van der Waals surface area contributed by atoms with Gasteiger partial charge in [0, 0.05) is 116 Å². The molecule has 808 valence electrons. The molecule has 150 heavy (non-hydrogen) atoms. The Labute approximate surface area is 906 Å². The van der Waals surface area contributed by atoms with E-state index in [2.05, 4.69) is 235 Å². The number of thiophene rings is 2. The second kappa shape index (κ2) is 81.9. The Balaban J connectivity index is 0.00000159. The number of benzene rings is 8. The van der Waals surface area contributed by atoms with E-state index in [1.807, 2.05) is 313 Å². The molecule has 8 aromatic carbocycles. The van der Waals surface area contributed by atoms with Gasteiger partial charge in [0.05, 0.1) is 65.2 Å². The molecule has 20 aromatic rings. The van der Waals surface area contributed by atoms with Crippen molar-refractivity contribution in [3.8, 4) is 0 Å². The molecular formula is C128H179N15O5S2. The van der Waals surface area contributed by atoms with Gasteiger partial charge in [-0.2, -0.15) is 5.10 Å². The highest BCUT2D eigenvalue weighted by atomic mass is 32.1. The number of rotatable bonds is 0. The molecule has 2 aliphatic heterocycles. The molecule has 1 saturated heterocycles. The van der Waals surface area contributed by atoms with Crippen LogP contribution in [0, 0.1) is 55.4 Å². The number of amides is 1. The summed E-state index contributed by atoms with van der Waals surface area (Å²) in [7, 11) is 7.23. The number of carbonyl (C=O) groups excluding carboxylic acids is 1. The minimum atomic E-state index is -0.0799. The van der Waals surface area contributed by atoms with Crippen LogP contribution in [-0.2, 0) is 45.2 Å². The van der Waals surface area contributed by atoms with Crippen LogP contribution < -0.4 is 22.0 Å². The third-order valence-electron chi connectivity index (χ3n) is 20.9. The number of anilines is 1. The van der Waals surface area contributed by atoms with Crippen LogP contribution in [0.25, 0.3) is 95.8 Å². The van der Waals surface area contributed by atoms with E-state index >= 15 is 0 Å². The zero-order valence-electron chi connectivity index (χ0n) is 97.5. The van der Waals surface area contributed by atoms with Crippen LogP contribution in [0.4, 0.5) is 5.69 Å². The lowest BCUT2D eigenvalue weighted by Gasteiger charge is -2.16. The summed E-state index contributed by atoms with van der Waals surface area (Å²) in [6, 6.07) is 78.1. The van der Waals surface area contributed by atoms with Gasteiger partial charge in [-0.25, -0.2) is 15.0 Å². The maximum absolute atomic E-state index is 11.5. The summed E-state index contributed by atoms with van der Waals surface area (Å²) < 4.78 is 12.6. The highest BCUT2D eigenvalue weighted by Crippen LogP contribution is 2.35. The van der Waals surface area contributed by atoms with E-state index in [9.17, 15) is 19.2 Å². The van der Waals surface area contributed by atoms with Gasteiger partial charge < -0.3 is 33.3 Å². The average molecular weight is 2070 g/mol. The first-order chi connectivity index (χ1) is 73.1. The maximum atomic E-state index is 11.5. The molecule has 0 spiro atoms. The van der Waals surface area contributed by atoms with Crippen molar-refractivity contribution in [1.82, 2.24) is 68.7 Å². The van der Waals surface area contributed by atoms with Crippen molar-refractivity contribution in [2.45, 2.75) is 273 Å². The number of nitrogens with one attached hydrogen (secondary N) is 3. The van der Waals surface area contributed by atoms with Crippen LogP contribution >= 0.6 is 22.7 Å². The van der Waals surface area contributed by atoms with Crippen LogP contribution in [0.5, 0.6) is 0 Å². The van der Waals surface area contributed by atoms with Crippen molar-refractivity contribution in [2.75, 3.05) is 25.5 Å². The summed E-state index contributed by atoms with van der Waals surface area (Å²) in [5.74, 6) is 0.131. The molecule has 0 radical (unpaired) electrons. The molecule has 1 fully saturated rings. The van der Waals surface area contributed by atoms with Crippen LogP contribution in [-0.4, -0.2) is 94.7 Å². The van der Waals surface area contributed by atoms with E-state index in [1.165, 1.54) is 199 Å². The van der Waals surface area contributed by atoms with E-state index < -0.39 is 0 Å². The lowest BCUT2D eigenvalue weighted by Crippen LogP contribution is -2.18. The lowest BCUT2D eigenvalue weighted by molar-refractivity contribution is -0.116. The lowest BCUT2D eigenvalue weighted by atomic mass is 9.96. The number of hydrogen-bond acceptors (Lipinski definition) is 16. The molecule has 12 aromatic heterocycles. The third-order valence-corrected chi connectivity index (χ3v) is 23.1. The standard InChI is InChI=1S/C13H10S.C10H11NO.2C10H9N.C10H13N.C10H9N.C9H8N2O.C9H9N.C7H6N2OS.C6H6N4O.C5H11N.C5H6O.12C2H6/c1-9-5-4-7-11-10-6-2-3-8-12(10)14-13(9)11;1-7-2-4-9-8(6-7)3-5-10(12)11-9;1-8-4-5-10-9(7-8)3-2-6-11-10;1-8-6-9-4-2-3-5-10(9)7-11-8;2*1-8-6-7-9-4-2-3-5-10(9)11-8;1-11-6-10-8-5-3-2-4-7(8)9(11)12;1-7-2-3-9-8(6-7)4-5-10-9;1-9-4-8-5-2-3-11-6(5)7(9)10;1-10-3-7-5-4(6(10)11)2-8-9-5;1-6-4-2-3-5-6;1-5-2-3-6-4-5;12*1-2/h2-8H,1H3;2,4,6H,3,5H2,1H3,(H,11,12);2*2-7H,1H3;6-7H,2-5H2,1H3;2-7H,1H3;2-6H,1H3;2-6,10H,1H3;2-4H,1H3;2-3H,1H3,(H,8,9);2-5H2,1H3;2-4H,1H3;12*1-2H3. The smallest absolute Gasteiger partial charge is 0.271 e. The Kier molecular flexibility index (Phi) is 74.2. The number of fused-ring (bicyclic) bond motifs is 12. The van der Waals surface area contributed by atoms with Gasteiger partial charge in [-0.05, 0) is 256 Å². The predicted molar refractivity (Wildman–Crippen MR) is 658 cm³/mol. The quantitative estimate of drug-likeness (QED) is 0.128. The summed E-state index contributed by atoms with van der Waals surface area (Å²) >= 11 is 3.32. The minimum absolute atomic E-state index is 0.000556. The van der Waals surface area contributed by atoms with Crippen LogP contribution in [0.1, 0.15) is 260 Å². The largest absolute Gasteiger partial charge is 0.472 e. The van der Waals surface area contributed by atoms with Crippen molar-refractivity contribution in [2.24, 2.45) is 21.1 Å². The average Bonchev–Trinajstić information content (AvgIpc) is 1.63. The van der Waals surface area contributed by atoms with Crippen LogP contribution in [0.3, 0.4) is 0 Å². The van der Waals surface area contributed by atoms with E-state index in [0.717, 1.165) is 56.0 Å². The number of para-hydroxylation sites is 2. The number of pyridine rings is 4. The molecule has 1 aliphatic carbocycles. The number of furan rings is 1. The summed E-state index contributed by atoms with van der Waals surface area (Å²) in [6.07, 6.45) is 24.5. The minimum Gasteiger partial charge on any atom is -0.472 e. The number of H-pyrrole nitrogens is 2. The Bertz CT molecular complexity index is 6900. The van der Waals surface area contributed by atoms with Crippen molar-refractivity contribution in [1.29, 1.82) is 0 Å². The fourth-order valence-corrected chi connectivity index (χ4v) is 16.0. The first kappa shape index (κ1) is 136. The predicted octanol–water partition coefficient (Wildman–Crippen LogP) is 34.8. The number of nitrogens with zero attached hydrogens (tertiary/aromatic N) is 12. The second-order valence-electron chi connectivity index (χ2n) is 31.2. The summed E-state index contributed by atoms with van der Waals surface area (Å²) in [5, 5.41) is 21.2. The monoisotopic (exact) mass is 2070 g/mol. The molecular weight excluding hydrogens is 1890 g/mol. The Morgan fingerprint density at radius 2 is 0.893 bits per heavy atom. The summed E-state index contributed by atoms with van der Waals surface area (Å²) in [4.78, 5) is 80.0. The first-order valence-electron chi connectivity index (χ1n) is 54.1. The molecule has 0 saturated carbocycles. The van der Waals surface area contributed by atoms with Crippen LogP contribution in [0.2, 0.25) is 0 Å². The van der Waals surface area contributed by atoms with Crippen molar-refractivity contribution >= 4 is 130 Å². The van der Waals surface area contributed by atoms with Gasteiger partial charge in [0.25, 0.3) is 16.7 Å². The maximum Gasteiger partial charge on any atom is 0.271 e. The Morgan fingerprint density at radius 1 is 0.353 bits per heavy atom. The van der Waals surface area contributed by atoms with E-state index in [-0.39, 0.29) is 22.6 Å². The molecule has 23 rings (SSSR count). The molecule has 14 heterocycles. The number of likely N-dealkylation sites (tertiary alicyclic amines) is 1. The van der Waals surface area contributed by atoms with Gasteiger partial charge >= 0.3 is 0 Å². The van der Waals surface area contributed by atoms with Gasteiger partial charge in [-0.1, -0.05) is 316 Å². The normalized spacial score (nSPS) is 10.7. The van der Waals surface area contributed by atoms with Gasteiger partial charge in [-0.3, -0.25) is 44.2 Å². The van der Waals surface area contributed by atoms with E-state index in [4.69, 9.17) is 4.42 Å². The van der Waals surface area contributed by atoms with Gasteiger partial charge in [0.2, 0.25) is 5.91 Å². The number of aromatic amines is 2. The Morgan fingerprint density at radius 3 is 1.53 bits per heavy atom. The van der Waals surface area contributed by atoms with E-state index in [0.29, 0.717) is 22.8 Å². The molecule has 0 unspecified atom stereocenters. The Hall–Kier alpha value is -14.1. The molecule has 3 aliphatic rings. The fraction of sp³-hybridized carbons (Fsp3) is 0.359. The van der Waals surface area contributed by atoms with E-state index in [1.54, 1.807) is 39.7 Å². The SMILES string of the molecule is CC.CC.CC.CC.CC.CC.CC.CC.CC.CC.CC.CC.CN1CCCC1.Cc1cc2ccccc2cn1.Cc1ccc2[nH]ccc2c1.Cc1ccc2c(c1)CCC(=O)N2.Cc1ccc2c(n1)CCCC2.Cc1ccc2ccccc2n1.Cc1ccc2ncccc2c1.Cc1cccc2c1sc1ccccc12.Cc1ccoc1.Cn1cnc2[nH]ncc2c1=O.Cn1cnc2ccccc2c1=O.Cn1cnc2ccsc2c1=O. The number of aryl methyl sites for hydroxylation is 14. The molecule has 0 bridgehead atoms. The van der Waals surface area contributed by atoms with Crippen molar-refractivity contribution in [3.63, 3.8) is 0 Å². The third kappa shape index (κ3) is 47.2. The number of carbonyl (C=O) groups is 1. The molecule has 0 atom stereocenters. The zero-order chi connectivity index (χ0) is 113. The molecule has 1 amide bonds. The molecule has 22 heteroatoms. The van der Waals surface area contributed by atoms with Crippen molar-refractivity contribution < 1.29 is 9.21 Å². The molecule has 3 N–H and O–H groups in total. The van der Waals surface area contributed by atoms with Crippen LogP contribution in [0.15, 0.2) is 311 Å². The number of aromatic nitrogens is 13. The first-order valence-corrected chi connectivity index (χ1v) is 55.8. The number of hydrogen-bond donors (Lipinski definition) is 3. The summed E-state index contributed by atoms with van der Waals surface area (Å²) in [5.41, 5.74) is 20.2. The zero-order valence-corrected chi connectivity index (χ0v) is 99.1. The van der Waals surface area contributed by atoms with Gasteiger partial charge in [-0.15, -0.1) is 22.7 Å². The topological polar surface area (TPSA) is 246 Å². The molecule has 20 nitrogen and oxygen atoms in total. The fourth-order valence-electron chi connectivity index (χ4n) is 14.0. The van der Waals surface area contributed by atoms with Gasteiger partial charge in [0.15, 0.2) is 5.65 Å². The van der Waals surface area contributed by atoms with Crippen molar-refractivity contribution in [3.05, 3.63) is 385 Å². The van der Waals surface area contributed by atoms with Gasteiger partial charge in [0.1, 0.15) is 10.1 Å².